The van der Waals surface area contributed by atoms with Crippen LogP contribution in [-0.4, -0.2) is 37.4 Å². The van der Waals surface area contributed by atoms with Crippen LogP contribution in [0.3, 0.4) is 0 Å². The molecule has 136 valence electrons. The number of anilines is 1. The number of hydrogen-bond donors (Lipinski definition) is 1. The van der Waals surface area contributed by atoms with Crippen LogP contribution in [0.15, 0.2) is 55.0 Å². The Bertz CT molecular complexity index is 1110. The topological polar surface area (TPSA) is 86.3 Å². The summed E-state index contributed by atoms with van der Waals surface area (Å²) in [4.78, 5) is 16.3. The fraction of sp³-hybridized carbons (Fsp3) is 0.111. The summed E-state index contributed by atoms with van der Waals surface area (Å²) < 4.78 is 22.5. The van der Waals surface area contributed by atoms with Crippen LogP contribution in [0.25, 0.3) is 16.8 Å². The van der Waals surface area contributed by atoms with Gasteiger partial charge < -0.3 is 4.74 Å². The van der Waals surface area contributed by atoms with Crippen molar-refractivity contribution in [2.24, 2.45) is 0 Å². The zero-order chi connectivity index (χ0) is 18.8. The fourth-order valence-corrected chi connectivity index (χ4v) is 2.74. The molecule has 0 atom stereocenters. The molecule has 9 heteroatoms. The standard InChI is InChI=1S/C18H15FN6O2/c1-27-14-5-2-4-13(19)17(14)12-6-7-15-21-18(23-25(15)10-12)22-16(26)11-24-9-3-8-20-24/h2-10H,11H2,1H3,(H,22,23,26). The Hall–Kier alpha value is -3.75. The number of ether oxygens (including phenoxy) is 1. The van der Waals surface area contributed by atoms with Crippen LogP contribution in [0.5, 0.6) is 5.75 Å². The van der Waals surface area contributed by atoms with Gasteiger partial charge in [-0.1, -0.05) is 6.07 Å². The highest BCUT2D eigenvalue weighted by molar-refractivity contribution is 5.88. The Morgan fingerprint density at radius 2 is 2.15 bits per heavy atom. The monoisotopic (exact) mass is 366 g/mol. The van der Waals surface area contributed by atoms with Gasteiger partial charge in [0.2, 0.25) is 11.9 Å². The summed E-state index contributed by atoms with van der Waals surface area (Å²) in [5, 5.41) is 10.8. The molecule has 1 N–H and O–H groups in total. The SMILES string of the molecule is COc1cccc(F)c1-c1ccc2nc(NC(=O)Cn3cccn3)nn2c1. The molecule has 0 aliphatic rings. The number of nitrogens with one attached hydrogen (secondary N) is 1. The van der Waals surface area contributed by atoms with Crippen LogP contribution in [0.4, 0.5) is 10.3 Å². The number of rotatable bonds is 5. The number of hydrogen-bond acceptors (Lipinski definition) is 5. The summed E-state index contributed by atoms with van der Waals surface area (Å²) >= 11 is 0. The number of carbonyl (C=O) groups is 1. The smallest absolute Gasteiger partial charge is 0.249 e. The minimum Gasteiger partial charge on any atom is -0.496 e. The number of halogens is 1. The van der Waals surface area contributed by atoms with Crippen molar-refractivity contribution in [1.29, 1.82) is 0 Å². The number of amides is 1. The molecule has 0 unspecified atom stereocenters. The zero-order valence-corrected chi connectivity index (χ0v) is 14.3. The molecule has 0 aliphatic heterocycles. The third kappa shape index (κ3) is 3.34. The lowest BCUT2D eigenvalue weighted by Gasteiger charge is -2.09. The van der Waals surface area contributed by atoms with Crippen LogP contribution in [0.1, 0.15) is 0 Å². The Kier molecular flexibility index (Phi) is 4.25. The molecule has 27 heavy (non-hydrogen) atoms. The number of benzene rings is 1. The summed E-state index contributed by atoms with van der Waals surface area (Å²) in [7, 11) is 1.49. The second-order valence-corrected chi connectivity index (χ2v) is 5.72. The van der Waals surface area contributed by atoms with Gasteiger partial charge in [0.05, 0.1) is 12.7 Å². The van der Waals surface area contributed by atoms with Gasteiger partial charge in [-0.3, -0.25) is 14.8 Å². The van der Waals surface area contributed by atoms with Crippen molar-refractivity contribution in [3.05, 3.63) is 60.8 Å². The number of carbonyl (C=O) groups excluding carboxylic acids is 1. The van der Waals surface area contributed by atoms with Crippen molar-refractivity contribution >= 4 is 17.5 Å². The number of aromatic nitrogens is 5. The van der Waals surface area contributed by atoms with E-state index in [9.17, 15) is 9.18 Å². The number of fused-ring (bicyclic) bond motifs is 1. The van der Waals surface area contributed by atoms with Crippen LogP contribution in [0.2, 0.25) is 0 Å². The third-order valence-corrected chi connectivity index (χ3v) is 3.93. The molecule has 0 saturated heterocycles. The summed E-state index contributed by atoms with van der Waals surface area (Å²) in [5.41, 5.74) is 1.43. The lowest BCUT2D eigenvalue weighted by Crippen LogP contribution is -2.19. The van der Waals surface area contributed by atoms with Crippen molar-refractivity contribution < 1.29 is 13.9 Å². The molecule has 8 nitrogen and oxygen atoms in total. The van der Waals surface area contributed by atoms with E-state index >= 15 is 0 Å². The lowest BCUT2D eigenvalue weighted by molar-refractivity contribution is -0.116. The van der Waals surface area contributed by atoms with E-state index in [0.717, 1.165) is 0 Å². The van der Waals surface area contributed by atoms with Gasteiger partial charge in [-0.15, -0.1) is 5.10 Å². The Balaban J connectivity index is 1.62. The van der Waals surface area contributed by atoms with Crippen molar-refractivity contribution in [3.8, 4) is 16.9 Å². The quantitative estimate of drug-likeness (QED) is 0.586. The second-order valence-electron chi connectivity index (χ2n) is 5.72. The van der Waals surface area contributed by atoms with Gasteiger partial charge in [0.1, 0.15) is 18.1 Å². The average molecular weight is 366 g/mol. The molecule has 3 heterocycles. The zero-order valence-electron chi connectivity index (χ0n) is 14.3. The normalized spacial score (nSPS) is 10.9. The largest absolute Gasteiger partial charge is 0.496 e. The van der Waals surface area contributed by atoms with Crippen molar-refractivity contribution in [3.63, 3.8) is 0 Å². The molecule has 4 aromatic rings. The highest BCUT2D eigenvalue weighted by atomic mass is 19.1. The number of nitrogens with zero attached hydrogens (tertiary/aromatic N) is 5. The van der Waals surface area contributed by atoms with Gasteiger partial charge in [0, 0.05) is 24.2 Å². The summed E-state index contributed by atoms with van der Waals surface area (Å²) in [5.74, 6) is -0.126. The van der Waals surface area contributed by atoms with E-state index in [1.807, 2.05) is 0 Å². The molecule has 3 aromatic heterocycles. The van der Waals surface area contributed by atoms with Gasteiger partial charge in [-0.05, 0) is 30.3 Å². The maximum Gasteiger partial charge on any atom is 0.249 e. The first-order valence-corrected chi connectivity index (χ1v) is 8.10. The van der Waals surface area contributed by atoms with Gasteiger partial charge in [-0.25, -0.2) is 8.91 Å². The van der Waals surface area contributed by atoms with Crippen molar-refractivity contribution in [2.45, 2.75) is 6.54 Å². The van der Waals surface area contributed by atoms with E-state index in [4.69, 9.17) is 4.74 Å². The summed E-state index contributed by atoms with van der Waals surface area (Å²) in [6.45, 7) is 0.0558. The van der Waals surface area contributed by atoms with E-state index < -0.39 is 5.82 Å². The minimum atomic E-state index is -0.401. The van der Waals surface area contributed by atoms with E-state index in [1.165, 1.54) is 22.4 Å². The third-order valence-electron chi connectivity index (χ3n) is 3.93. The Morgan fingerprint density at radius 3 is 2.93 bits per heavy atom. The average Bonchev–Trinajstić information content (AvgIpc) is 3.29. The first kappa shape index (κ1) is 16.7. The molecule has 0 fully saturated rings. The van der Waals surface area contributed by atoms with Crippen LogP contribution in [-0.2, 0) is 11.3 Å². The van der Waals surface area contributed by atoms with Crippen LogP contribution >= 0.6 is 0 Å². The van der Waals surface area contributed by atoms with E-state index in [2.05, 4.69) is 20.5 Å². The molecule has 4 rings (SSSR count). The summed E-state index contributed by atoms with van der Waals surface area (Å²) in [6.07, 6.45) is 4.91. The van der Waals surface area contributed by atoms with Crippen molar-refractivity contribution in [1.82, 2.24) is 24.4 Å². The van der Waals surface area contributed by atoms with Gasteiger partial charge in [0.15, 0.2) is 5.65 Å². The predicted octanol–water partition coefficient (Wildman–Crippen LogP) is 2.38. The molecule has 0 bridgehead atoms. The van der Waals surface area contributed by atoms with Crippen molar-refractivity contribution in [2.75, 3.05) is 12.4 Å². The predicted molar refractivity (Wildman–Crippen MR) is 95.8 cm³/mol. The first-order valence-electron chi connectivity index (χ1n) is 8.10. The summed E-state index contributed by atoms with van der Waals surface area (Å²) in [6, 6.07) is 9.78. The Morgan fingerprint density at radius 1 is 1.26 bits per heavy atom. The maximum atomic E-state index is 14.3. The van der Waals surface area contributed by atoms with Crippen LogP contribution < -0.4 is 10.1 Å². The van der Waals surface area contributed by atoms with Crippen LogP contribution in [0, 0.1) is 5.82 Å². The molecular weight excluding hydrogens is 351 g/mol. The molecule has 1 amide bonds. The van der Waals surface area contributed by atoms with Gasteiger partial charge in [0.25, 0.3) is 0 Å². The highest BCUT2D eigenvalue weighted by Gasteiger charge is 2.14. The second kappa shape index (κ2) is 6.87. The molecule has 0 aliphatic carbocycles. The fourth-order valence-electron chi connectivity index (χ4n) is 2.74. The number of methoxy groups -OCH3 is 1. The minimum absolute atomic E-state index is 0.0558. The molecule has 0 radical (unpaired) electrons. The van der Waals surface area contributed by atoms with Gasteiger partial charge >= 0.3 is 0 Å². The maximum absolute atomic E-state index is 14.3. The van der Waals surface area contributed by atoms with E-state index in [-0.39, 0.29) is 18.4 Å². The molecular formula is C18H15FN6O2. The molecule has 1 aromatic carbocycles. The molecule has 0 spiro atoms. The first-order chi connectivity index (χ1) is 13.1. The lowest BCUT2D eigenvalue weighted by atomic mass is 10.1. The van der Waals surface area contributed by atoms with E-state index in [1.54, 1.807) is 48.9 Å². The molecule has 0 saturated carbocycles. The highest BCUT2D eigenvalue weighted by Crippen LogP contribution is 2.32. The van der Waals surface area contributed by atoms with E-state index in [0.29, 0.717) is 22.5 Å². The van der Waals surface area contributed by atoms with Gasteiger partial charge in [-0.2, -0.15) is 10.1 Å². The Labute approximate surface area is 153 Å². The number of pyridine rings is 1.